The van der Waals surface area contributed by atoms with Gasteiger partial charge < -0.3 is 14.7 Å². The molecule has 0 aliphatic rings. The number of benzene rings is 1. The predicted molar refractivity (Wildman–Crippen MR) is 75.5 cm³/mol. The SMILES string of the molecule is CCN(CCO)C(=O)C(C)(C)Oc1ccc(Cl)cc1. The van der Waals surface area contributed by atoms with Crippen LogP contribution in [0.4, 0.5) is 0 Å². The van der Waals surface area contributed by atoms with E-state index in [4.69, 9.17) is 21.4 Å². The molecule has 0 bridgehead atoms. The van der Waals surface area contributed by atoms with Gasteiger partial charge in [-0.25, -0.2) is 0 Å². The monoisotopic (exact) mass is 285 g/mol. The Morgan fingerprint density at radius 3 is 2.42 bits per heavy atom. The van der Waals surface area contributed by atoms with E-state index in [1.54, 1.807) is 43.0 Å². The normalized spacial score (nSPS) is 11.2. The number of hydrogen-bond acceptors (Lipinski definition) is 3. The maximum atomic E-state index is 12.3. The van der Waals surface area contributed by atoms with Crippen LogP contribution in [-0.4, -0.2) is 41.2 Å². The van der Waals surface area contributed by atoms with Crippen LogP contribution in [-0.2, 0) is 4.79 Å². The summed E-state index contributed by atoms with van der Waals surface area (Å²) in [6.07, 6.45) is 0. The number of nitrogens with zero attached hydrogens (tertiary/aromatic N) is 1. The van der Waals surface area contributed by atoms with Crippen molar-refractivity contribution < 1.29 is 14.6 Å². The Kier molecular flexibility index (Phi) is 5.63. The highest BCUT2D eigenvalue weighted by Crippen LogP contribution is 2.22. The number of amides is 1. The van der Waals surface area contributed by atoms with E-state index in [-0.39, 0.29) is 12.5 Å². The van der Waals surface area contributed by atoms with Gasteiger partial charge in [-0.3, -0.25) is 4.79 Å². The topological polar surface area (TPSA) is 49.8 Å². The first-order chi connectivity index (χ1) is 8.90. The van der Waals surface area contributed by atoms with E-state index in [0.29, 0.717) is 23.9 Å². The summed E-state index contributed by atoms with van der Waals surface area (Å²) in [7, 11) is 0. The lowest BCUT2D eigenvalue weighted by Gasteiger charge is -2.31. The molecular weight excluding hydrogens is 266 g/mol. The second kappa shape index (κ2) is 6.78. The third-order valence-corrected chi connectivity index (χ3v) is 2.99. The van der Waals surface area contributed by atoms with Crippen molar-refractivity contribution in [3.8, 4) is 5.75 Å². The van der Waals surface area contributed by atoms with E-state index in [9.17, 15) is 4.79 Å². The first kappa shape index (κ1) is 15.8. The molecule has 1 aromatic rings. The molecule has 0 spiro atoms. The highest BCUT2D eigenvalue weighted by molar-refractivity contribution is 6.30. The number of carbonyl (C=O) groups excluding carboxylic acids is 1. The van der Waals surface area contributed by atoms with Crippen LogP contribution in [0.3, 0.4) is 0 Å². The van der Waals surface area contributed by atoms with Crippen molar-refractivity contribution in [2.45, 2.75) is 26.4 Å². The summed E-state index contributed by atoms with van der Waals surface area (Å²) in [6, 6.07) is 6.87. The van der Waals surface area contributed by atoms with Crippen LogP contribution in [0, 0.1) is 0 Å². The molecule has 0 radical (unpaired) electrons. The van der Waals surface area contributed by atoms with Gasteiger partial charge in [-0.15, -0.1) is 0 Å². The van der Waals surface area contributed by atoms with Crippen LogP contribution in [0.15, 0.2) is 24.3 Å². The van der Waals surface area contributed by atoms with Gasteiger partial charge in [0.05, 0.1) is 6.61 Å². The van der Waals surface area contributed by atoms with E-state index in [0.717, 1.165) is 0 Å². The smallest absolute Gasteiger partial charge is 0.266 e. The molecule has 0 aromatic heterocycles. The number of rotatable bonds is 6. The minimum absolute atomic E-state index is 0.0589. The summed E-state index contributed by atoms with van der Waals surface area (Å²) in [5.41, 5.74) is -0.987. The summed E-state index contributed by atoms with van der Waals surface area (Å²) < 4.78 is 5.72. The second-order valence-corrected chi connectivity index (χ2v) is 5.11. The van der Waals surface area contributed by atoms with E-state index in [1.165, 1.54) is 0 Å². The van der Waals surface area contributed by atoms with Crippen LogP contribution in [0.25, 0.3) is 0 Å². The Morgan fingerprint density at radius 1 is 1.37 bits per heavy atom. The highest BCUT2D eigenvalue weighted by atomic mass is 35.5. The number of aliphatic hydroxyl groups excluding tert-OH is 1. The van der Waals surface area contributed by atoms with E-state index in [1.807, 2.05) is 6.92 Å². The average molecular weight is 286 g/mol. The Hall–Kier alpha value is -1.26. The molecule has 0 aliphatic carbocycles. The average Bonchev–Trinajstić information content (AvgIpc) is 2.37. The first-order valence-electron chi connectivity index (χ1n) is 6.25. The third-order valence-electron chi connectivity index (χ3n) is 2.74. The lowest BCUT2D eigenvalue weighted by molar-refractivity contribution is -0.145. The van der Waals surface area contributed by atoms with Gasteiger partial charge in [0.25, 0.3) is 5.91 Å². The van der Waals surface area contributed by atoms with Gasteiger partial charge in [0.1, 0.15) is 5.75 Å². The molecule has 19 heavy (non-hydrogen) atoms. The Bertz CT molecular complexity index is 417. The van der Waals surface area contributed by atoms with Gasteiger partial charge in [0.2, 0.25) is 0 Å². The molecule has 0 aliphatic heterocycles. The Morgan fingerprint density at radius 2 is 1.95 bits per heavy atom. The summed E-state index contributed by atoms with van der Waals surface area (Å²) in [4.78, 5) is 13.9. The molecular formula is C14H20ClNO3. The fourth-order valence-electron chi connectivity index (χ4n) is 1.75. The molecule has 1 N–H and O–H groups in total. The molecule has 0 atom stereocenters. The largest absolute Gasteiger partial charge is 0.478 e. The van der Waals surface area contributed by atoms with E-state index in [2.05, 4.69) is 0 Å². The quantitative estimate of drug-likeness (QED) is 0.873. The molecule has 0 unspecified atom stereocenters. The molecule has 5 heteroatoms. The van der Waals surface area contributed by atoms with Crippen LogP contribution in [0.2, 0.25) is 5.02 Å². The molecule has 0 heterocycles. The minimum atomic E-state index is -0.987. The zero-order valence-corrected chi connectivity index (χ0v) is 12.3. The van der Waals surface area contributed by atoms with Crippen molar-refractivity contribution in [3.63, 3.8) is 0 Å². The van der Waals surface area contributed by atoms with Crippen molar-refractivity contribution in [3.05, 3.63) is 29.3 Å². The van der Waals surface area contributed by atoms with Gasteiger partial charge in [-0.2, -0.15) is 0 Å². The van der Waals surface area contributed by atoms with Gasteiger partial charge in [-0.05, 0) is 45.0 Å². The standard InChI is InChI=1S/C14H20ClNO3/c1-4-16(9-10-17)13(18)14(2,3)19-12-7-5-11(15)6-8-12/h5-8,17H,4,9-10H2,1-3H3. The van der Waals surface area contributed by atoms with Crippen molar-refractivity contribution in [2.75, 3.05) is 19.7 Å². The summed E-state index contributed by atoms with van der Waals surface area (Å²) in [5.74, 6) is 0.432. The van der Waals surface area contributed by atoms with Crippen LogP contribution >= 0.6 is 11.6 Å². The molecule has 0 saturated carbocycles. The van der Waals surface area contributed by atoms with Gasteiger partial charge in [-0.1, -0.05) is 11.6 Å². The lowest BCUT2D eigenvalue weighted by Crippen LogP contribution is -2.49. The van der Waals surface area contributed by atoms with Crippen molar-refractivity contribution in [1.29, 1.82) is 0 Å². The number of likely N-dealkylation sites (N-methyl/N-ethyl adjacent to an activating group) is 1. The highest BCUT2D eigenvalue weighted by Gasteiger charge is 2.33. The van der Waals surface area contributed by atoms with E-state index >= 15 is 0 Å². The van der Waals surface area contributed by atoms with Crippen LogP contribution in [0.5, 0.6) is 5.75 Å². The Labute approximate surface area is 118 Å². The number of carbonyl (C=O) groups is 1. The maximum absolute atomic E-state index is 12.3. The predicted octanol–water partition coefficient (Wildman–Crippen LogP) is 2.34. The van der Waals surface area contributed by atoms with Crippen molar-refractivity contribution >= 4 is 17.5 Å². The molecule has 1 rings (SSSR count). The minimum Gasteiger partial charge on any atom is -0.478 e. The summed E-state index contributed by atoms with van der Waals surface area (Å²) in [5, 5.41) is 9.57. The van der Waals surface area contributed by atoms with Crippen molar-refractivity contribution in [1.82, 2.24) is 4.90 Å². The third kappa shape index (κ3) is 4.40. The summed E-state index contributed by atoms with van der Waals surface area (Å²) >= 11 is 5.80. The fraction of sp³-hybridized carbons (Fsp3) is 0.500. The maximum Gasteiger partial charge on any atom is 0.266 e. The van der Waals surface area contributed by atoms with Crippen LogP contribution < -0.4 is 4.74 Å². The van der Waals surface area contributed by atoms with Crippen molar-refractivity contribution in [2.24, 2.45) is 0 Å². The zero-order chi connectivity index (χ0) is 14.5. The van der Waals surface area contributed by atoms with Crippen LogP contribution in [0.1, 0.15) is 20.8 Å². The molecule has 1 amide bonds. The van der Waals surface area contributed by atoms with Gasteiger partial charge in [0, 0.05) is 18.1 Å². The van der Waals surface area contributed by atoms with Gasteiger partial charge >= 0.3 is 0 Å². The first-order valence-corrected chi connectivity index (χ1v) is 6.63. The van der Waals surface area contributed by atoms with Gasteiger partial charge in [0.15, 0.2) is 5.60 Å². The molecule has 4 nitrogen and oxygen atoms in total. The fourth-order valence-corrected chi connectivity index (χ4v) is 1.87. The molecule has 106 valence electrons. The number of halogens is 1. The molecule has 0 saturated heterocycles. The second-order valence-electron chi connectivity index (χ2n) is 4.67. The Balaban J connectivity index is 2.78. The number of hydrogen-bond donors (Lipinski definition) is 1. The molecule has 0 fully saturated rings. The lowest BCUT2D eigenvalue weighted by atomic mass is 10.1. The summed E-state index contributed by atoms with van der Waals surface area (Å²) in [6.45, 7) is 6.08. The zero-order valence-electron chi connectivity index (χ0n) is 11.5. The van der Waals surface area contributed by atoms with E-state index < -0.39 is 5.60 Å². The molecule has 1 aromatic carbocycles. The number of ether oxygens (including phenoxy) is 1. The number of aliphatic hydroxyl groups is 1.